The smallest absolute Gasteiger partial charge is 0.138 e. The Morgan fingerprint density at radius 2 is 2.15 bits per heavy atom. The Labute approximate surface area is 83.0 Å². The third-order valence-electron chi connectivity index (χ3n) is 1.87. The summed E-state index contributed by atoms with van der Waals surface area (Å²) in [6.45, 7) is 0. The molecule has 0 saturated carbocycles. The molecule has 13 heavy (non-hydrogen) atoms. The molecule has 1 aromatic rings. The van der Waals surface area contributed by atoms with Crippen molar-refractivity contribution < 1.29 is 4.79 Å². The fourth-order valence-electron chi connectivity index (χ4n) is 1.07. The zero-order valence-corrected chi connectivity index (χ0v) is 8.24. The van der Waals surface area contributed by atoms with Gasteiger partial charge in [0.1, 0.15) is 6.29 Å². The molecule has 0 aliphatic heterocycles. The molecule has 0 saturated heterocycles. The molecule has 2 unspecified atom stereocenters. The largest absolute Gasteiger partial charge is 0.310 e. The lowest BCUT2D eigenvalue weighted by Gasteiger charge is -2.16. The Balaban J connectivity index is 2.77. The Morgan fingerprint density at radius 3 is 2.62 bits per heavy atom. The molecule has 3 nitrogen and oxygen atoms in total. The van der Waals surface area contributed by atoms with Gasteiger partial charge in [-0.1, -0.05) is 0 Å². The first-order valence-electron chi connectivity index (χ1n) is 4.00. The van der Waals surface area contributed by atoms with Crippen molar-refractivity contribution in [1.29, 1.82) is 0 Å². The minimum Gasteiger partial charge on any atom is -0.310 e. The van der Waals surface area contributed by atoms with Gasteiger partial charge >= 0.3 is 0 Å². The predicted octanol–water partition coefficient (Wildman–Crippen LogP) is 0.839. The number of hydrogen-bond acceptors (Lipinski definition) is 4. The van der Waals surface area contributed by atoms with Crippen LogP contribution in [0.4, 0.5) is 0 Å². The third kappa shape index (κ3) is 2.54. The Kier molecular flexibility index (Phi) is 3.92. The van der Waals surface area contributed by atoms with Crippen LogP contribution >= 0.6 is 12.6 Å². The van der Waals surface area contributed by atoms with E-state index in [4.69, 9.17) is 0 Å². The van der Waals surface area contributed by atoms with Crippen molar-refractivity contribution in [2.24, 2.45) is 0 Å². The van der Waals surface area contributed by atoms with Crippen LogP contribution in [0.25, 0.3) is 0 Å². The number of aromatic nitrogens is 1. The van der Waals surface area contributed by atoms with E-state index in [0.717, 1.165) is 11.8 Å². The van der Waals surface area contributed by atoms with E-state index in [9.17, 15) is 4.79 Å². The molecule has 0 bridgehead atoms. The van der Waals surface area contributed by atoms with Gasteiger partial charge in [-0.05, 0) is 24.7 Å². The lowest BCUT2D eigenvalue weighted by Crippen LogP contribution is -2.31. The molecule has 0 fully saturated rings. The third-order valence-corrected chi connectivity index (χ3v) is 2.49. The van der Waals surface area contributed by atoms with Crippen LogP contribution in [0.5, 0.6) is 0 Å². The van der Waals surface area contributed by atoms with Crippen molar-refractivity contribution in [3.05, 3.63) is 30.1 Å². The van der Waals surface area contributed by atoms with Gasteiger partial charge in [0.15, 0.2) is 0 Å². The minimum atomic E-state index is -0.259. The second-order valence-electron chi connectivity index (χ2n) is 2.68. The summed E-state index contributed by atoms with van der Waals surface area (Å²) in [7, 11) is 1.74. The van der Waals surface area contributed by atoms with Crippen LogP contribution in [0.1, 0.15) is 10.8 Å². The fourth-order valence-corrected chi connectivity index (χ4v) is 1.46. The maximum atomic E-state index is 10.6. The van der Waals surface area contributed by atoms with Crippen molar-refractivity contribution in [3.8, 4) is 0 Å². The molecule has 0 aliphatic rings. The summed E-state index contributed by atoms with van der Waals surface area (Å²) >= 11 is 4.35. The highest BCUT2D eigenvalue weighted by molar-refractivity contribution is 7.80. The van der Waals surface area contributed by atoms with Gasteiger partial charge in [0.05, 0.1) is 6.04 Å². The highest BCUT2D eigenvalue weighted by atomic mass is 32.1. The lowest BCUT2D eigenvalue weighted by atomic mass is 10.1. The fraction of sp³-hybridized carbons (Fsp3) is 0.333. The van der Waals surface area contributed by atoms with E-state index in [1.165, 1.54) is 0 Å². The van der Waals surface area contributed by atoms with Crippen LogP contribution in [-0.4, -0.2) is 24.4 Å². The van der Waals surface area contributed by atoms with Gasteiger partial charge in [0.25, 0.3) is 0 Å². The number of likely N-dealkylation sites (N-methyl/N-ethyl adjacent to an activating group) is 1. The molecule has 1 N–H and O–H groups in total. The number of pyridine rings is 1. The van der Waals surface area contributed by atoms with Crippen molar-refractivity contribution in [3.63, 3.8) is 0 Å². The van der Waals surface area contributed by atoms with Gasteiger partial charge in [0.2, 0.25) is 0 Å². The molecule has 0 amide bonds. The molecule has 1 rings (SSSR count). The van der Waals surface area contributed by atoms with Gasteiger partial charge in [-0.2, -0.15) is 12.6 Å². The normalized spacial score (nSPS) is 14.9. The highest BCUT2D eigenvalue weighted by Crippen LogP contribution is 2.21. The van der Waals surface area contributed by atoms with Crippen molar-refractivity contribution in [2.75, 3.05) is 7.05 Å². The minimum absolute atomic E-state index is 0.120. The highest BCUT2D eigenvalue weighted by Gasteiger charge is 2.16. The monoisotopic (exact) mass is 196 g/mol. The molecule has 1 heterocycles. The summed E-state index contributed by atoms with van der Waals surface area (Å²) < 4.78 is 0. The van der Waals surface area contributed by atoms with E-state index in [1.807, 2.05) is 12.1 Å². The molecule has 2 atom stereocenters. The summed E-state index contributed by atoms with van der Waals surface area (Å²) in [6.07, 6.45) is 4.24. The first kappa shape index (κ1) is 10.2. The average Bonchev–Trinajstić information content (AvgIpc) is 2.21. The topological polar surface area (TPSA) is 42.0 Å². The van der Waals surface area contributed by atoms with Crippen LogP contribution < -0.4 is 5.32 Å². The number of nitrogens with zero attached hydrogens (tertiary/aromatic N) is 1. The van der Waals surface area contributed by atoms with E-state index < -0.39 is 0 Å². The summed E-state index contributed by atoms with van der Waals surface area (Å²) in [5, 5.41) is 2.77. The Hall–Kier alpha value is -0.870. The SMILES string of the molecule is CNC(C=O)C(S)c1ccncc1. The van der Waals surface area contributed by atoms with Gasteiger partial charge < -0.3 is 10.1 Å². The number of carbonyl (C=O) groups is 1. The van der Waals surface area contributed by atoms with Crippen LogP contribution in [0.2, 0.25) is 0 Å². The molecular formula is C9H12N2OS. The zero-order valence-electron chi connectivity index (χ0n) is 7.34. The quantitative estimate of drug-likeness (QED) is 0.554. The van der Waals surface area contributed by atoms with Gasteiger partial charge in [0, 0.05) is 17.6 Å². The summed E-state index contributed by atoms with van der Waals surface area (Å²) in [5.41, 5.74) is 0.991. The molecule has 70 valence electrons. The number of rotatable bonds is 4. The molecule has 4 heteroatoms. The summed E-state index contributed by atoms with van der Waals surface area (Å²) in [6, 6.07) is 3.45. The molecular weight excluding hydrogens is 184 g/mol. The molecule has 0 radical (unpaired) electrons. The molecule has 0 spiro atoms. The first-order chi connectivity index (χ1) is 6.29. The van der Waals surface area contributed by atoms with Crippen LogP contribution in [0, 0.1) is 0 Å². The maximum Gasteiger partial charge on any atom is 0.138 e. The number of thiol groups is 1. The van der Waals surface area contributed by atoms with Crippen LogP contribution in [0.3, 0.4) is 0 Å². The van der Waals surface area contributed by atoms with Gasteiger partial charge in [-0.15, -0.1) is 0 Å². The standard InChI is InChI=1S/C9H12N2OS/c1-10-8(6-12)9(13)7-2-4-11-5-3-7/h2-6,8-10,13H,1H3. The first-order valence-corrected chi connectivity index (χ1v) is 4.51. The number of aldehydes is 1. The zero-order chi connectivity index (χ0) is 9.68. The summed E-state index contributed by atoms with van der Waals surface area (Å²) in [5.74, 6) is 0. The van der Waals surface area contributed by atoms with E-state index >= 15 is 0 Å². The lowest BCUT2D eigenvalue weighted by molar-refractivity contribution is -0.109. The van der Waals surface area contributed by atoms with Crippen LogP contribution in [0.15, 0.2) is 24.5 Å². The van der Waals surface area contributed by atoms with Gasteiger partial charge in [-0.25, -0.2) is 0 Å². The van der Waals surface area contributed by atoms with E-state index in [2.05, 4.69) is 22.9 Å². The average molecular weight is 196 g/mol. The second kappa shape index (κ2) is 4.99. The Bertz CT molecular complexity index is 266. The van der Waals surface area contributed by atoms with Crippen molar-refractivity contribution in [1.82, 2.24) is 10.3 Å². The van der Waals surface area contributed by atoms with E-state index in [-0.39, 0.29) is 11.3 Å². The number of hydrogen-bond donors (Lipinski definition) is 2. The number of nitrogens with one attached hydrogen (secondary N) is 1. The number of carbonyl (C=O) groups excluding carboxylic acids is 1. The Morgan fingerprint density at radius 1 is 1.54 bits per heavy atom. The van der Waals surface area contributed by atoms with Crippen molar-refractivity contribution >= 4 is 18.9 Å². The second-order valence-corrected chi connectivity index (χ2v) is 3.23. The molecule has 0 aromatic carbocycles. The van der Waals surface area contributed by atoms with E-state index in [1.54, 1.807) is 19.4 Å². The molecule has 1 aromatic heterocycles. The summed E-state index contributed by atoms with van der Waals surface area (Å²) in [4.78, 5) is 14.5. The maximum absolute atomic E-state index is 10.6. The van der Waals surface area contributed by atoms with Crippen LogP contribution in [-0.2, 0) is 4.79 Å². The predicted molar refractivity (Wildman–Crippen MR) is 54.9 cm³/mol. The molecule has 0 aliphatic carbocycles. The van der Waals surface area contributed by atoms with E-state index in [0.29, 0.717) is 0 Å². The van der Waals surface area contributed by atoms with Gasteiger partial charge in [-0.3, -0.25) is 4.98 Å². The van der Waals surface area contributed by atoms with Crippen molar-refractivity contribution in [2.45, 2.75) is 11.3 Å².